The van der Waals surface area contributed by atoms with Crippen LogP contribution in [0.4, 0.5) is 10.5 Å². The normalized spacial score (nSPS) is 14.3. The highest BCUT2D eigenvalue weighted by Gasteiger charge is 2.24. The maximum absolute atomic E-state index is 12.6. The summed E-state index contributed by atoms with van der Waals surface area (Å²) in [7, 11) is 0. The fourth-order valence-corrected chi connectivity index (χ4v) is 4.14. The summed E-state index contributed by atoms with van der Waals surface area (Å²) in [5.74, 6) is 0. The molecule has 0 saturated carbocycles. The monoisotopic (exact) mass is 455 g/mol. The number of nitro groups is 1. The summed E-state index contributed by atoms with van der Waals surface area (Å²) in [5.41, 5.74) is 0.993. The largest absolute Gasteiger partial charge is 0.444 e. The minimum atomic E-state index is -0.564. The van der Waals surface area contributed by atoms with Crippen molar-refractivity contribution in [2.75, 3.05) is 13.1 Å². The third-order valence-corrected chi connectivity index (χ3v) is 5.70. The van der Waals surface area contributed by atoms with E-state index in [-0.39, 0.29) is 17.3 Å². The standard InChI is InChI=1S/C21H21N5O5S/c1-21(2,3)31-20(28)24-9-7-13(8-10-24)16-12-17(27)25-19(22-16)32-18(23-25)14-5-4-6-15(11-14)26(29)30/h4-7,11-12H,8-10H2,1-3H3. The van der Waals surface area contributed by atoms with Gasteiger partial charge in [0.1, 0.15) is 10.6 Å². The molecule has 3 aromatic rings. The fraction of sp³-hybridized carbons (Fsp3) is 0.333. The fourth-order valence-electron chi connectivity index (χ4n) is 3.24. The SMILES string of the molecule is CC(C)(C)OC(=O)N1CC=C(c2cc(=O)n3nc(-c4cccc([N+](=O)[O-])c4)sc3n2)CC1. The van der Waals surface area contributed by atoms with E-state index >= 15 is 0 Å². The van der Waals surface area contributed by atoms with Gasteiger partial charge in [-0.3, -0.25) is 14.9 Å². The van der Waals surface area contributed by atoms with Crippen molar-refractivity contribution in [3.8, 4) is 10.6 Å². The zero-order valence-corrected chi connectivity index (χ0v) is 18.6. The van der Waals surface area contributed by atoms with Gasteiger partial charge >= 0.3 is 6.09 Å². The van der Waals surface area contributed by atoms with E-state index in [9.17, 15) is 19.7 Å². The Morgan fingerprint density at radius 3 is 2.72 bits per heavy atom. The first-order valence-corrected chi connectivity index (χ1v) is 10.8. The average molecular weight is 455 g/mol. The third kappa shape index (κ3) is 4.52. The number of carbonyl (C=O) groups excluding carboxylic acids is 1. The van der Waals surface area contributed by atoms with Crippen LogP contribution in [0.5, 0.6) is 0 Å². The first kappa shape index (κ1) is 21.6. The van der Waals surface area contributed by atoms with Crippen LogP contribution < -0.4 is 5.56 Å². The molecule has 1 aliphatic rings. The number of amides is 1. The van der Waals surface area contributed by atoms with Crippen molar-refractivity contribution in [2.24, 2.45) is 0 Å². The van der Waals surface area contributed by atoms with Crippen molar-refractivity contribution in [3.05, 3.63) is 62.6 Å². The number of carbonyl (C=O) groups is 1. The lowest BCUT2D eigenvalue weighted by Crippen LogP contribution is -2.39. The molecule has 0 bridgehead atoms. The molecule has 166 valence electrons. The van der Waals surface area contributed by atoms with Gasteiger partial charge in [-0.05, 0) is 32.8 Å². The molecule has 0 N–H and O–H groups in total. The smallest absolute Gasteiger partial charge is 0.410 e. The Kier molecular flexibility index (Phi) is 5.51. The van der Waals surface area contributed by atoms with Crippen LogP contribution >= 0.6 is 11.3 Å². The number of aromatic nitrogens is 3. The van der Waals surface area contributed by atoms with Crippen LogP contribution in [0.3, 0.4) is 0 Å². The molecule has 32 heavy (non-hydrogen) atoms. The van der Waals surface area contributed by atoms with Crippen LogP contribution in [0.1, 0.15) is 32.9 Å². The highest BCUT2D eigenvalue weighted by molar-refractivity contribution is 7.19. The minimum absolute atomic E-state index is 0.0512. The molecule has 2 aromatic heterocycles. The highest BCUT2D eigenvalue weighted by atomic mass is 32.1. The zero-order chi connectivity index (χ0) is 23.0. The Morgan fingerprint density at radius 1 is 1.28 bits per heavy atom. The first-order valence-electron chi connectivity index (χ1n) is 9.94. The summed E-state index contributed by atoms with van der Waals surface area (Å²) in [5, 5.41) is 15.8. The van der Waals surface area contributed by atoms with E-state index in [1.165, 1.54) is 34.1 Å². The summed E-state index contributed by atoms with van der Waals surface area (Å²) in [6.45, 7) is 6.29. The number of fused-ring (bicyclic) bond motifs is 1. The molecule has 1 aliphatic heterocycles. The van der Waals surface area contributed by atoms with E-state index in [0.717, 1.165) is 5.57 Å². The maximum atomic E-state index is 12.6. The van der Waals surface area contributed by atoms with Crippen molar-refractivity contribution < 1.29 is 14.5 Å². The number of rotatable bonds is 3. The van der Waals surface area contributed by atoms with Crippen molar-refractivity contribution in [1.82, 2.24) is 19.5 Å². The second kappa shape index (κ2) is 8.15. The zero-order valence-electron chi connectivity index (χ0n) is 17.8. The lowest BCUT2D eigenvalue weighted by molar-refractivity contribution is -0.384. The molecule has 0 saturated heterocycles. The summed E-state index contributed by atoms with van der Waals surface area (Å²) < 4.78 is 6.60. The van der Waals surface area contributed by atoms with Gasteiger partial charge in [-0.1, -0.05) is 29.5 Å². The number of benzene rings is 1. The molecular formula is C21H21N5O5S. The van der Waals surface area contributed by atoms with Gasteiger partial charge in [-0.2, -0.15) is 9.61 Å². The van der Waals surface area contributed by atoms with Crippen LogP contribution in [-0.2, 0) is 4.74 Å². The highest BCUT2D eigenvalue weighted by Crippen LogP contribution is 2.28. The van der Waals surface area contributed by atoms with Crippen LogP contribution in [0.25, 0.3) is 21.1 Å². The van der Waals surface area contributed by atoms with Gasteiger partial charge in [-0.15, -0.1) is 0 Å². The summed E-state index contributed by atoms with van der Waals surface area (Å²) >= 11 is 1.18. The molecule has 3 heterocycles. The van der Waals surface area contributed by atoms with E-state index in [0.29, 0.717) is 40.7 Å². The molecule has 0 spiro atoms. The Balaban J connectivity index is 1.61. The van der Waals surface area contributed by atoms with E-state index in [4.69, 9.17) is 4.74 Å². The van der Waals surface area contributed by atoms with Crippen LogP contribution in [0.2, 0.25) is 0 Å². The molecule has 0 aliphatic carbocycles. The Morgan fingerprint density at radius 2 is 2.06 bits per heavy atom. The maximum Gasteiger partial charge on any atom is 0.410 e. The van der Waals surface area contributed by atoms with Crippen molar-refractivity contribution in [3.63, 3.8) is 0 Å². The van der Waals surface area contributed by atoms with Crippen molar-refractivity contribution in [2.45, 2.75) is 32.8 Å². The van der Waals surface area contributed by atoms with Crippen molar-refractivity contribution in [1.29, 1.82) is 0 Å². The number of non-ortho nitro benzene ring substituents is 1. The molecule has 0 radical (unpaired) electrons. The van der Waals surface area contributed by atoms with Crippen LogP contribution in [0.15, 0.2) is 41.2 Å². The summed E-state index contributed by atoms with van der Waals surface area (Å²) in [4.78, 5) is 42.0. The van der Waals surface area contributed by atoms with Crippen molar-refractivity contribution >= 4 is 33.7 Å². The van der Waals surface area contributed by atoms with E-state index in [1.54, 1.807) is 17.0 Å². The molecule has 1 amide bonds. The molecule has 4 rings (SSSR count). The van der Waals surface area contributed by atoms with Gasteiger partial charge in [-0.25, -0.2) is 9.78 Å². The predicted octanol–water partition coefficient (Wildman–Crippen LogP) is 3.75. The molecule has 10 nitrogen and oxygen atoms in total. The van der Waals surface area contributed by atoms with Gasteiger partial charge < -0.3 is 9.64 Å². The topological polar surface area (TPSA) is 120 Å². The van der Waals surface area contributed by atoms with Gasteiger partial charge in [0, 0.05) is 36.9 Å². The van der Waals surface area contributed by atoms with E-state index < -0.39 is 10.5 Å². The van der Waals surface area contributed by atoms with E-state index in [1.807, 2.05) is 26.8 Å². The lowest BCUT2D eigenvalue weighted by atomic mass is 10.1. The molecule has 0 fully saturated rings. The summed E-state index contributed by atoms with van der Waals surface area (Å²) in [6, 6.07) is 7.50. The van der Waals surface area contributed by atoms with Gasteiger partial charge in [0.05, 0.1) is 10.6 Å². The number of nitro benzene ring substituents is 1. The number of ether oxygens (including phenoxy) is 1. The minimum Gasteiger partial charge on any atom is -0.444 e. The van der Waals surface area contributed by atoms with Gasteiger partial charge in [0.15, 0.2) is 0 Å². The lowest BCUT2D eigenvalue weighted by Gasteiger charge is -2.29. The number of hydrogen-bond donors (Lipinski definition) is 0. The van der Waals surface area contributed by atoms with Gasteiger partial charge in [0.25, 0.3) is 11.2 Å². The quantitative estimate of drug-likeness (QED) is 0.436. The predicted molar refractivity (Wildman–Crippen MR) is 120 cm³/mol. The average Bonchev–Trinajstić information content (AvgIpc) is 3.18. The number of nitrogens with zero attached hydrogens (tertiary/aromatic N) is 5. The third-order valence-electron chi connectivity index (χ3n) is 4.74. The molecular weight excluding hydrogens is 434 g/mol. The van der Waals surface area contributed by atoms with Crippen LogP contribution in [-0.4, -0.2) is 49.2 Å². The van der Waals surface area contributed by atoms with Gasteiger partial charge in [0.2, 0.25) is 4.96 Å². The van der Waals surface area contributed by atoms with Crippen LogP contribution in [0, 0.1) is 10.1 Å². The second-order valence-corrected chi connectivity index (χ2v) is 9.25. The Labute approximate surface area is 186 Å². The Hall–Kier alpha value is -3.60. The molecule has 1 aromatic carbocycles. The Bertz CT molecular complexity index is 1300. The number of hydrogen-bond acceptors (Lipinski definition) is 8. The second-order valence-electron chi connectivity index (χ2n) is 8.29. The summed E-state index contributed by atoms with van der Waals surface area (Å²) in [6.07, 6.45) is 2.03. The first-order chi connectivity index (χ1) is 15.1. The van der Waals surface area contributed by atoms with E-state index in [2.05, 4.69) is 10.1 Å². The molecule has 11 heteroatoms. The molecule has 0 atom stereocenters. The molecule has 0 unspecified atom stereocenters.